The van der Waals surface area contributed by atoms with E-state index < -0.39 is 0 Å². The summed E-state index contributed by atoms with van der Waals surface area (Å²) in [5, 5.41) is 11.7. The number of carbonyl (C=O) groups excluding carboxylic acids is 1. The van der Waals surface area contributed by atoms with E-state index in [-0.39, 0.29) is 11.9 Å². The monoisotopic (exact) mass is 377 g/mol. The maximum Gasteiger partial charge on any atom is 0.256 e. The number of carbonyl (C=O) groups is 1. The van der Waals surface area contributed by atoms with Crippen LogP contribution in [0.1, 0.15) is 34.6 Å². The van der Waals surface area contributed by atoms with Gasteiger partial charge in [-0.05, 0) is 44.9 Å². The van der Waals surface area contributed by atoms with Gasteiger partial charge < -0.3 is 10.2 Å². The lowest BCUT2D eigenvalue weighted by Gasteiger charge is -2.33. The molecule has 3 aromatic rings. The summed E-state index contributed by atoms with van der Waals surface area (Å²) in [6, 6.07) is 9.49. The van der Waals surface area contributed by atoms with Gasteiger partial charge in [-0.1, -0.05) is 12.1 Å². The lowest BCUT2D eigenvalue weighted by atomic mass is 10.0. The van der Waals surface area contributed by atoms with Gasteiger partial charge in [-0.2, -0.15) is 15.0 Å². The van der Waals surface area contributed by atoms with Crippen LogP contribution >= 0.6 is 0 Å². The minimum absolute atomic E-state index is 0.0132. The number of nitrogens with one attached hydrogen (secondary N) is 1. The van der Waals surface area contributed by atoms with Crippen LogP contribution in [-0.4, -0.2) is 54.9 Å². The van der Waals surface area contributed by atoms with Crippen molar-refractivity contribution in [2.45, 2.75) is 32.7 Å². The van der Waals surface area contributed by atoms with Crippen LogP contribution in [-0.2, 0) is 0 Å². The third-order valence-electron chi connectivity index (χ3n) is 4.79. The smallest absolute Gasteiger partial charge is 0.256 e. The quantitative estimate of drug-likeness (QED) is 0.751. The summed E-state index contributed by atoms with van der Waals surface area (Å²) in [5.41, 5.74) is 3.14. The lowest BCUT2D eigenvalue weighted by Crippen LogP contribution is -2.45. The summed E-state index contributed by atoms with van der Waals surface area (Å²) in [6.45, 7) is 5.25. The highest BCUT2D eigenvalue weighted by molar-refractivity contribution is 5.97. The number of hydrogen-bond donors (Lipinski definition) is 1. The van der Waals surface area contributed by atoms with E-state index in [4.69, 9.17) is 0 Å². The Hall–Kier alpha value is -3.29. The molecule has 1 amide bonds. The van der Waals surface area contributed by atoms with Gasteiger partial charge >= 0.3 is 0 Å². The third-order valence-corrected chi connectivity index (χ3v) is 4.79. The molecular weight excluding hydrogens is 354 g/mol. The maximum atomic E-state index is 13.2. The summed E-state index contributed by atoms with van der Waals surface area (Å²) in [5.74, 6) is 0.610. The molecule has 0 spiro atoms. The number of benzene rings is 1. The molecule has 8 heteroatoms. The molecule has 1 aromatic carbocycles. The van der Waals surface area contributed by atoms with Gasteiger partial charge in [0, 0.05) is 30.5 Å². The standard InChI is InChI=1S/C20H23N7O/c1-14-12-15(2)24-20(23-14)25-16-6-5-11-26(13-16)19(28)17-7-3-4-8-18(17)27-21-9-10-22-27/h3-4,7-10,12,16H,5-6,11,13H2,1-2H3,(H,23,24,25). The summed E-state index contributed by atoms with van der Waals surface area (Å²) in [7, 11) is 0. The molecule has 1 atom stereocenters. The molecule has 1 saturated heterocycles. The van der Waals surface area contributed by atoms with Crippen molar-refractivity contribution in [1.82, 2.24) is 29.9 Å². The molecule has 0 aliphatic carbocycles. The Morgan fingerprint density at radius 3 is 2.57 bits per heavy atom. The molecule has 0 radical (unpaired) electrons. The number of likely N-dealkylation sites (tertiary alicyclic amines) is 1. The first-order valence-electron chi connectivity index (χ1n) is 9.44. The minimum Gasteiger partial charge on any atom is -0.350 e. The SMILES string of the molecule is Cc1cc(C)nc(NC2CCCN(C(=O)c3ccccc3-n3nccn3)C2)n1. The predicted octanol–water partition coefficient (Wildman–Crippen LogP) is 2.39. The highest BCUT2D eigenvalue weighted by Gasteiger charge is 2.26. The second-order valence-corrected chi connectivity index (χ2v) is 7.04. The number of piperidine rings is 1. The molecule has 1 N–H and O–H groups in total. The van der Waals surface area contributed by atoms with Crippen molar-refractivity contribution in [2.75, 3.05) is 18.4 Å². The topological polar surface area (TPSA) is 88.8 Å². The highest BCUT2D eigenvalue weighted by Crippen LogP contribution is 2.20. The Balaban J connectivity index is 1.51. The van der Waals surface area contributed by atoms with Crippen LogP contribution in [0.25, 0.3) is 5.69 Å². The highest BCUT2D eigenvalue weighted by atomic mass is 16.2. The third kappa shape index (κ3) is 3.85. The zero-order valence-corrected chi connectivity index (χ0v) is 16.0. The normalized spacial score (nSPS) is 16.8. The van der Waals surface area contributed by atoms with Crippen molar-refractivity contribution < 1.29 is 4.79 Å². The molecule has 1 aliphatic heterocycles. The van der Waals surface area contributed by atoms with Crippen molar-refractivity contribution in [3.63, 3.8) is 0 Å². The van der Waals surface area contributed by atoms with Gasteiger partial charge in [-0.3, -0.25) is 4.79 Å². The number of hydrogen-bond acceptors (Lipinski definition) is 6. The number of aromatic nitrogens is 5. The van der Waals surface area contributed by atoms with Crippen molar-refractivity contribution in [3.8, 4) is 5.69 Å². The molecule has 0 saturated carbocycles. The van der Waals surface area contributed by atoms with Gasteiger partial charge in [-0.25, -0.2) is 9.97 Å². The van der Waals surface area contributed by atoms with Crippen LogP contribution in [0.3, 0.4) is 0 Å². The van der Waals surface area contributed by atoms with Gasteiger partial charge in [0.25, 0.3) is 5.91 Å². The lowest BCUT2D eigenvalue weighted by molar-refractivity contribution is 0.0714. The first-order valence-corrected chi connectivity index (χ1v) is 9.44. The average molecular weight is 377 g/mol. The fraction of sp³-hybridized carbons (Fsp3) is 0.350. The number of anilines is 1. The van der Waals surface area contributed by atoms with Crippen molar-refractivity contribution in [1.29, 1.82) is 0 Å². The van der Waals surface area contributed by atoms with Crippen molar-refractivity contribution in [2.24, 2.45) is 0 Å². The van der Waals surface area contributed by atoms with Gasteiger partial charge in [0.2, 0.25) is 5.95 Å². The largest absolute Gasteiger partial charge is 0.350 e. The van der Waals surface area contributed by atoms with Crippen molar-refractivity contribution >= 4 is 11.9 Å². The van der Waals surface area contributed by atoms with E-state index in [2.05, 4.69) is 25.5 Å². The number of aryl methyl sites for hydroxylation is 2. The van der Waals surface area contributed by atoms with E-state index in [0.717, 1.165) is 30.8 Å². The molecule has 0 bridgehead atoms. The average Bonchev–Trinajstić information content (AvgIpc) is 3.21. The molecule has 8 nitrogen and oxygen atoms in total. The molecule has 4 rings (SSSR count). The number of para-hydroxylation sites is 1. The second kappa shape index (κ2) is 7.75. The Morgan fingerprint density at radius 1 is 1.11 bits per heavy atom. The first-order chi connectivity index (χ1) is 13.6. The number of rotatable bonds is 4. The van der Waals surface area contributed by atoms with E-state index >= 15 is 0 Å². The molecule has 1 aliphatic rings. The van der Waals surface area contributed by atoms with E-state index in [9.17, 15) is 4.79 Å². The van der Waals surface area contributed by atoms with Crippen molar-refractivity contribution in [3.05, 3.63) is 59.7 Å². The van der Waals surface area contributed by atoms with Gasteiger partial charge in [-0.15, -0.1) is 0 Å². The molecule has 1 fully saturated rings. The van der Waals surface area contributed by atoms with Crippen LogP contribution < -0.4 is 5.32 Å². The molecule has 2 aromatic heterocycles. The van der Waals surface area contributed by atoms with Crippen LogP contribution in [0.2, 0.25) is 0 Å². The van der Waals surface area contributed by atoms with E-state index in [1.54, 1.807) is 12.4 Å². The maximum absolute atomic E-state index is 13.2. The second-order valence-electron chi connectivity index (χ2n) is 7.04. The summed E-state index contributed by atoms with van der Waals surface area (Å²) < 4.78 is 0. The Kier molecular flexibility index (Phi) is 5.01. The van der Waals surface area contributed by atoms with E-state index in [1.807, 2.05) is 49.1 Å². The molecule has 3 heterocycles. The van der Waals surface area contributed by atoms with Gasteiger partial charge in [0.05, 0.1) is 23.6 Å². The minimum atomic E-state index is -0.0132. The number of nitrogens with zero attached hydrogens (tertiary/aromatic N) is 6. The zero-order valence-electron chi connectivity index (χ0n) is 16.0. The van der Waals surface area contributed by atoms with Gasteiger partial charge in [0.15, 0.2) is 0 Å². The van der Waals surface area contributed by atoms with Crippen LogP contribution in [0, 0.1) is 13.8 Å². The molecule has 28 heavy (non-hydrogen) atoms. The summed E-state index contributed by atoms with van der Waals surface area (Å²) >= 11 is 0. The summed E-state index contributed by atoms with van der Waals surface area (Å²) in [6.07, 6.45) is 5.11. The van der Waals surface area contributed by atoms with Crippen LogP contribution in [0.4, 0.5) is 5.95 Å². The predicted molar refractivity (Wildman–Crippen MR) is 105 cm³/mol. The fourth-order valence-corrected chi connectivity index (χ4v) is 3.59. The number of amides is 1. The Morgan fingerprint density at radius 2 is 1.82 bits per heavy atom. The molecule has 144 valence electrons. The first kappa shape index (κ1) is 18.1. The Labute approximate surface area is 163 Å². The fourth-order valence-electron chi connectivity index (χ4n) is 3.59. The van der Waals surface area contributed by atoms with E-state index in [1.165, 1.54) is 4.80 Å². The molecule has 1 unspecified atom stereocenters. The van der Waals surface area contributed by atoms with E-state index in [0.29, 0.717) is 23.7 Å². The zero-order chi connectivity index (χ0) is 19.5. The molecular formula is C20H23N7O. The van der Waals surface area contributed by atoms with Gasteiger partial charge in [0.1, 0.15) is 0 Å². The Bertz CT molecular complexity index is 950. The van der Waals surface area contributed by atoms with Crippen LogP contribution in [0.15, 0.2) is 42.7 Å². The van der Waals surface area contributed by atoms with Crippen LogP contribution in [0.5, 0.6) is 0 Å². The summed E-state index contributed by atoms with van der Waals surface area (Å²) in [4.78, 5) is 25.5.